The number of rotatable bonds is 5. The molecule has 0 spiro atoms. The lowest BCUT2D eigenvalue weighted by molar-refractivity contribution is 0.393. The molecule has 0 amide bonds. The van der Waals surface area contributed by atoms with E-state index >= 15 is 0 Å². The summed E-state index contributed by atoms with van der Waals surface area (Å²) in [5.41, 5.74) is 1.21. The van der Waals surface area contributed by atoms with Crippen molar-refractivity contribution in [1.29, 1.82) is 0 Å². The smallest absolute Gasteiger partial charge is 0.266 e. The summed E-state index contributed by atoms with van der Waals surface area (Å²) in [4.78, 5) is 18.0. The van der Waals surface area contributed by atoms with Crippen molar-refractivity contribution < 1.29 is 13.9 Å². The molecule has 1 aromatic heterocycles. The number of fused-ring (bicyclic) bond motifs is 1. The standard InChI is InChI=1S/C24H19FN2O3/c1-29-17-12-13-21(22(15-17)30-2)27-23(14-11-16-7-3-5-9-19(16)25)26-20-10-6-4-8-18(20)24(27)28/h3-15H,1-2H3/b14-11-. The van der Waals surface area contributed by atoms with E-state index in [1.807, 2.05) is 6.07 Å². The zero-order valence-corrected chi connectivity index (χ0v) is 16.5. The van der Waals surface area contributed by atoms with E-state index in [0.717, 1.165) is 0 Å². The summed E-state index contributed by atoms with van der Waals surface area (Å²) in [7, 11) is 3.08. The Bertz CT molecular complexity index is 1310. The number of hydrogen-bond donors (Lipinski definition) is 0. The number of aromatic nitrogens is 2. The number of nitrogens with zero attached hydrogens (tertiary/aromatic N) is 2. The lowest BCUT2D eigenvalue weighted by Gasteiger charge is -2.15. The Balaban J connectivity index is 1.98. The molecule has 0 aliphatic rings. The number of methoxy groups -OCH3 is 2. The molecule has 0 atom stereocenters. The third-order valence-corrected chi connectivity index (χ3v) is 4.75. The molecule has 0 aliphatic heterocycles. The van der Waals surface area contributed by atoms with Gasteiger partial charge in [0.15, 0.2) is 0 Å². The van der Waals surface area contributed by atoms with Gasteiger partial charge in [0.2, 0.25) is 0 Å². The van der Waals surface area contributed by atoms with Gasteiger partial charge in [0.25, 0.3) is 5.56 Å². The molecule has 4 rings (SSSR count). The highest BCUT2D eigenvalue weighted by atomic mass is 19.1. The first-order valence-corrected chi connectivity index (χ1v) is 9.29. The van der Waals surface area contributed by atoms with E-state index in [2.05, 4.69) is 4.98 Å². The summed E-state index contributed by atoms with van der Waals surface area (Å²) in [5, 5.41) is 0.471. The third-order valence-electron chi connectivity index (χ3n) is 4.75. The molecule has 0 aliphatic carbocycles. The van der Waals surface area contributed by atoms with Crippen LogP contribution < -0.4 is 15.0 Å². The first-order chi connectivity index (χ1) is 14.6. The Morgan fingerprint density at radius 2 is 1.70 bits per heavy atom. The van der Waals surface area contributed by atoms with Crippen molar-refractivity contribution in [3.8, 4) is 17.2 Å². The van der Waals surface area contributed by atoms with Crippen LogP contribution in [0.15, 0.2) is 71.5 Å². The van der Waals surface area contributed by atoms with E-state index in [9.17, 15) is 9.18 Å². The van der Waals surface area contributed by atoms with Crippen molar-refractivity contribution in [2.24, 2.45) is 0 Å². The van der Waals surface area contributed by atoms with Crippen molar-refractivity contribution in [3.05, 3.63) is 94.3 Å². The molecule has 0 fully saturated rings. The van der Waals surface area contributed by atoms with Crippen LogP contribution in [-0.4, -0.2) is 23.8 Å². The SMILES string of the molecule is COc1ccc(-n2c(/C=C\c3ccccc3F)nc3ccccc3c2=O)c(OC)c1. The molecule has 4 aromatic rings. The molecule has 6 heteroatoms. The molecular formula is C24H19FN2O3. The van der Waals surface area contributed by atoms with Crippen LogP contribution in [0.4, 0.5) is 4.39 Å². The van der Waals surface area contributed by atoms with Crippen LogP contribution in [0, 0.1) is 5.82 Å². The molecular weight excluding hydrogens is 383 g/mol. The van der Waals surface area contributed by atoms with Crippen LogP contribution in [0.25, 0.3) is 28.7 Å². The zero-order chi connectivity index (χ0) is 21.1. The van der Waals surface area contributed by atoms with Gasteiger partial charge in [-0.05, 0) is 42.5 Å². The monoisotopic (exact) mass is 402 g/mol. The fourth-order valence-electron chi connectivity index (χ4n) is 3.24. The maximum Gasteiger partial charge on any atom is 0.266 e. The minimum absolute atomic E-state index is 0.253. The van der Waals surface area contributed by atoms with Crippen molar-refractivity contribution in [3.63, 3.8) is 0 Å². The van der Waals surface area contributed by atoms with Crippen LogP contribution in [0.1, 0.15) is 11.4 Å². The summed E-state index contributed by atoms with van der Waals surface area (Å²) in [6, 6.07) is 18.7. The van der Waals surface area contributed by atoms with Crippen LogP contribution in [0.2, 0.25) is 0 Å². The zero-order valence-electron chi connectivity index (χ0n) is 16.5. The van der Waals surface area contributed by atoms with Crippen molar-refractivity contribution >= 4 is 23.1 Å². The highest BCUT2D eigenvalue weighted by molar-refractivity contribution is 5.80. The molecule has 0 bridgehead atoms. The third kappa shape index (κ3) is 3.55. The fraction of sp³-hybridized carbons (Fsp3) is 0.0833. The summed E-state index contributed by atoms with van der Waals surface area (Å²) in [6.45, 7) is 0. The van der Waals surface area contributed by atoms with Crippen molar-refractivity contribution in [2.75, 3.05) is 14.2 Å². The van der Waals surface area contributed by atoms with E-state index < -0.39 is 0 Å². The predicted molar refractivity (Wildman–Crippen MR) is 116 cm³/mol. The Morgan fingerprint density at radius 3 is 2.47 bits per heavy atom. The molecule has 0 saturated heterocycles. The summed E-state index contributed by atoms with van der Waals surface area (Å²) >= 11 is 0. The Morgan fingerprint density at radius 1 is 0.933 bits per heavy atom. The molecule has 0 radical (unpaired) electrons. The topological polar surface area (TPSA) is 53.4 Å². The van der Waals surface area contributed by atoms with E-state index in [0.29, 0.717) is 39.5 Å². The van der Waals surface area contributed by atoms with Gasteiger partial charge >= 0.3 is 0 Å². The van der Waals surface area contributed by atoms with Gasteiger partial charge in [-0.15, -0.1) is 0 Å². The summed E-state index contributed by atoms with van der Waals surface area (Å²) < 4.78 is 26.3. The number of para-hydroxylation sites is 1. The number of benzene rings is 3. The number of halogens is 1. The molecule has 150 valence electrons. The molecule has 0 N–H and O–H groups in total. The molecule has 0 unspecified atom stereocenters. The van der Waals surface area contributed by atoms with Crippen LogP contribution in [0.5, 0.6) is 11.5 Å². The normalized spacial score (nSPS) is 11.2. The Hall–Kier alpha value is -3.93. The minimum Gasteiger partial charge on any atom is -0.497 e. The first-order valence-electron chi connectivity index (χ1n) is 9.29. The minimum atomic E-state index is -0.356. The van der Waals surface area contributed by atoms with Crippen LogP contribution in [-0.2, 0) is 0 Å². The van der Waals surface area contributed by atoms with Gasteiger partial charge in [-0.3, -0.25) is 9.36 Å². The van der Waals surface area contributed by atoms with Gasteiger partial charge in [-0.2, -0.15) is 0 Å². The van der Waals surface area contributed by atoms with Gasteiger partial charge in [0.05, 0.1) is 30.8 Å². The number of ether oxygens (including phenoxy) is 2. The van der Waals surface area contributed by atoms with E-state index in [4.69, 9.17) is 9.47 Å². The Labute approximate surface area is 172 Å². The average molecular weight is 402 g/mol. The van der Waals surface area contributed by atoms with Gasteiger partial charge in [-0.1, -0.05) is 30.3 Å². The first kappa shape index (κ1) is 19.4. The highest BCUT2D eigenvalue weighted by Crippen LogP contribution is 2.28. The second kappa shape index (κ2) is 8.21. The largest absolute Gasteiger partial charge is 0.497 e. The molecule has 30 heavy (non-hydrogen) atoms. The van der Waals surface area contributed by atoms with Gasteiger partial charge < -0.3 is 9.47 Å². The van der Waals surface area contributed by atoms with Crippen LogP contribution >= 0.6 is 0 Å². The molecule has 0 saturated carbocycles. The second-order valence-electron chi connectivity index (χ2n) is 6.52. The van der Waals surface area contributed by atoms with E-state index in [-0.39, 0.29) is 11.4 Å². The van der Waals surface area contributed by atoms with E-state index in [1.54, 1.807) is 73.9 Å². The predicted octanol–water partition coefficient (Wildman–Crippen LogP) is 4.71. The highest BCUT2D eigenvalue weighted by Gasteiger charge is 2.15. The quantitative estimate of drug-likeness (QED) is 0.485. The van der Waals surface area contributed by atoms with E-state index in [1.165, 1.54) is 17.7 Å². The van der Waals surface area contributed by atoms with Crippen LogP contribution in [0.3, 0.4) is 0 Å². The van der Waals surface area contributed by atoms with Gasteiger partial charge in [0.1, 0.15) is 23.1 Å². The van der Waals surface area contributed by atoms with Gasteiger partial charge in [0, 0.05) is 11.6 Å². The van der Waals surface area contributed by atoms with Crippen molar-refractivity contribution in [2.45, 2.75) is 0 Å². The maximum absolute atomic E-state index is 14.1. The molecule has 3 aromatic carbocycles. The molecule has 5 nitrogen and oxygen atoms in total. The fourth-order valence-corrected chi connectivity index (χ4v) is 3.24. The number of hydrogen-bond acceptors (Lipinski definition) is 4. The van der Waals surface area contributed by atoms with Gasteiger partial charge in [-0.25, -0.2) is 9.37 Å². The van der Waals surface area contributed by atoms with Crippen molar-refractivity contribution in [1.82, 2.24) is 9.55 Å². The summed E-state index contributed by atoms with van der Waals surface area (Å²) in [6.07, 6.45) is 3.22. The maximum atomic E-state index is 14.1. The lowest BCUT2D eigenvalue weighted by atomic mass is 10.2. The average Bonchev–Trinajstić information content (AvgIpc) is 2.78. The Kier molecular flexibility index (Phi) is 5.30. The lowest BCUT2D eigenvalue weighted by Crippen LogP contribution is -2.22. The summed E-state index contributed by atoms with van der Waals surface area (Å²) in [5.74, 6) is 1.05. The second-order valence-corrected chi connectivity index (χ2v) is 6.52. The molecule has 1 heterocycles.